The number of aromatic nitrogens is 3. The highest BCUT2D eigenvalue weighted by Gasteiger charge is 2.39. The maximum Gasteiger partial charge on any atom is 0.431 e. The topological polar surface area (TPSA) is 75.3 Å². The van der Waals surface area contributed by atoms with E-state index in [0.717, 1.165) is 30.5 Å². The van der Waals surface area contributed by atoms with Crippen LogP contribution in [0.25, 0.3) is 11.0 Å². The lowest BCUT2D eigenvalue weighted by Crippen LogP contribution is -2.55. The van der Waals surface area contributed by atoms with Crippen molar-refractivity contribution in [2.75, 3.05) is 25.0 Å². The summed E-state index contributed by atoms with van der Waals surface area (Å²) in [6, 6.07) is 8.47. The first-order valence-electron chi connectivity index (χ1n) is 10.6. The van der Waals surface area contributed by atoms with Gasteiger partial charge in [0.15, 0.2) is 0 Å². The predicted molar refractivity (Wildman–Crippen MR) is 113 cm³/mol. The van der Waals surface area contributed by atoms with Gasteiger partial charge in [0.1, 0.15) is 35.8 Å². The van der Waals surface area contributed by atoms with Crippen LogP contribution < -0.4 is 10.1 Å². The monoisotopic (exact) mass is 447 g/mol. The largest absolute Gasteiger partial charge is 0.491 e. The van der Waals surface area contributed by atoms with Crippen molar-refractivity contribution in [3.8, 4) is 5.75 Å². The first-order valence-corrected chi connectivity index (χ1v) is 10.6. The van der Waals surface area contributed by atoms with Gasteiger partial charge in [0.05, 0.1) is 29.7 Å². The normalized spacial score (nSPS) is 26.5. The van der Waals surface area contributed by atoms with Crippen molar-refractivity contribution in [2.24, 2.45) is 0 Å². The summed E-state index contributed by atoms with van der Waals surface area (Å²) in [5, 5.41) is 3.72. The average Bonchev–Trinajstić information content (AvgIpc) is 3.19. The van der Waals surface area contributed by atoms with E-state index in [1.54, 1.807) is 0 Å². The van der Waals surface area contributed by atoms with E-state index < -0.39 is 11.9 Å². The molecule has 0 radical (unpaired) electrons. The number of H-pyrrole nitrogens is 1. The van der Waals surface area contributed by atoms with Crippen molar-refractivity contribution in [2.45, 2.75) is 44.3 Å². The van der Waals surface area contributed by atoms with E-state index in [2.05, 4.69) is 25.2 Å². The van der Waals surface area contributed by atoms with Crippen molar-refractivity contribution in [1.82, 2.24) is 19.9 Å². The Morgan fingerprint density at radius 3 is 2.62 bits per heavy atom. The molecule has 32 heavy (non-hydrogen) atoms. The number of nitrogens with zero attached hydrogens (tertiary/aromatic N) is 3. The van der Waals surface area contributed by atoms with Gasteiger partial charge in [0.2, 0.25) is 0 Å². The van der Waals surface area contributed by atoms with Crippen LogP contribution in [0.4, 0.5) is 19.0 Å². The van der Waals surface area contributed by atoms with Crippen LogP contribution in [0.5, 0.6) is 5.75 Å². The van der Waals surface area contributed by atoms with Gasteiger partial charge in [-0.3, -0.25) is 4.90 Å². The van der Waals surface area contributed by atoms with Gasteiger partial charge in [0.25, 0.3) is 0 Å². The Morgan fingerprint density at radius 1 is 1.12 bits per heavy atom. The minimum Gasteiger partial charge on any atom is -0.491 e. The first-order chi connectivity index (χ1) is 15.3. The Kier molecular flexibility index (Phi) is 5.21. The Balaban J connectivity index is 1.54. The summed E-state index contributed by atoms with van der Waals surface area (Å²) in [6.07, 6.45) is -3.09. The Bertz CT molecular complexity index is 1110. The van der Waals surface area contributed by atoms with E-state index in [9.17, 15) is 13.2 Å². The lowest BCUT2D eigenvalue weighted by Gasteiger charge is -2.45. The molecule has 0 bridgehead atoms. The smallest absolute Gasteiger partial charge is 0.431 e. The van der Waals surface area contributed by atoms with Crippen molar-refractivity contribution in [3.63, 3.8) is 0 Å². The number of benzene rings is 1. The lowest BCUT2D eigenvalue weighted by atomic mass is 9.94. The second kappa shape index (κ2) is 7.93. The number of ether oxygens (including phenoxy) is 2. The van der Waals surface area contributed by atoms with Gasteiger partial charge in [-0.05, 0) is 26.0 Å². The van der Waals surface area contributed by atoms with Crippen LogP contribution in [0.3, 0.4) is 0 Å². The van der Waals surface area contributed by atoms with Crippen LogP contribution in [0.1, 0.15) is 31.1 Å². The van der Waals surface area contributed by atoms with Gasteiger partial charge >= 0.3 is 6.18 Å². The Morgan fingerprint density at radius 2 is 1.88 bits per heavy atom. The highest BCUT2D eigenvalue weighted by atomic mass is 19.4. The fraction of sp³-hybridized carbons (Fsp3) is 0.455. The molecule has 4 heterocycles. The number of fused-ring (bicyclic) bond motifs is 2. The molecule has 0 aliphatic carbocycles. The van der Waals surface area contributed by atoms with Crippen LogP contribution in [0, 0.1) is 0 Å². The molecule has 2 aliphatic rings. The van der Waals surface area contributed by atoms with E-state index in [0.29, 0.717) is 17.8 Å². The molecular formula is C22H24F3N5O2. The molecule has 1 saturated heterocycles. The van der Waals surface area contributed by atoms with Crippen LogP contribution >= 0.6 is 0 Å². The lowest BCUT2D eigenvalue weighted by molar-refractivity contribution is -0.140. The van der Waals surface area contributed by atoms with Crippen LogP contribution in [-0.4, -0.2) is 57.8 Å². The zero-order chi connectivity index (χ0) is 22.5. The fourth-order valence-corrected chi connectivity index (χ4v) is 4.68. The average molecular weight is 447 g/mol. The molecule has 3 aromatic rings. The molecule has 2 aromatic heterocycles. The molecule has 4 atom stereocenters. The molecule has 2 N–H and O–H groups in total. The molecular weight excluding hydrogens is 423 g/mol. The minimum absolute atomic E-state index is 0.0512. The van der Waals surface area contributed by atoms with E-state index in [-0.39, 0.29) is 29.9 Å². The molecule has 1 fully saturated rings. The molecule has 2 aliphatic heterocycles. The fourth-order valence-electron chi connectivity index (χ4n) is 4.68. The van der Waals surface area contributed by atoms with Crippen molar-refractivity contribution < 1.29 is 22.6 Å². The second-order valence-electron chi connectivity index (χ2n) is 8.41. The Labute approximate surface area is 182 Å². The van der Waals surface area contributed by atoms with Crippen molar-refractivity contribution in [1.29, 1.82) is 0 Å². The molecule has 10 heteroatoms. The maximum absolute atomic E-state index is 13.3. The van der Waals surface area contributed by atoms with E-state index in [1.807, 2.05) is 38.1 Å². The summed E-state index contributed by atoms with van der Waals surface area (Å²) in [5.41, 5.74) is 0.227. The molecule has 5 rings (SSSR count). The summed E-state index contributed by atoms with van der Waals surface area (Å²) in [5.74, 6) is 1.11. The number of alkyl halides is 3. The van der Waals surface area contributed by atoms with E-state index in [1.165, 1.54) is 6.33 Å². The number of rotatable bonds is 3. The van der Waals surface area contributed by atoms with Crippen molar-refractivity contribution >= 4 is 16.9 Å². The number of nitrogens with one attached hydrogen (secondary N) is 2. The summed E-state index contributed by atoms with van der Waals surface area (Å²) in [6.45, 7) is 5.99. The number of morpholine rings is 1. The minimum atomic E-state index is -4.49. The molecule has 0 unspecified atom stereocenters. The molecule has 170 valence electrons. The number of aromatic amines is 1. The summed E-state index contributed by atoms with van der Waals surface area (Å²) >= 11 is 0. The van der Waals surface area contributed by atoms with Crippen molar-refractivity contribution in [3.05, 3.63) is 47.9 Å². The quantitative estimate of drug-likeness (QED) is 0.632. The summed E-state index contributed by atoms with van der Waals surface area (Å²) in [7, 11) is 0. The van der Waals surface area contributed by atoms with Gasteiger partial charge in [-0.2, -0.15) is 13.2 Å². The predicted octanol–water partition coefficient (Wildman–Crippen LogP) is 4.00. The molecule has 0 amide bonds. The molecule has 0 spiro atoms. The zero-order valence-corrected chi connectivity index (χ0v) is 17.7. The van der Waals surface area contributed by atoms with Gasteiger partial charge in [-0.25, -0.2) is 9.97 Å². The van der Waals surface area contributed by atoms with Crippen LogP contribution in [-0.2, 0) is 10.9 Å². The molecule has 7 nitrogen and oxygen atoms in total. The second-order valence-corrected chi connectivity index (χ2v) is 8.41. The maximum atomic E-state index is 13.3. The van der Waals surface area contributed by atoms with Gasteiger partial charge < -0.3 is 19.8 Å². The molecule has 1 aromatic carbocycles. The third-order valence-corrected chi connectivity index (χ3v) is 5.99. The number of anilines is 1. The summed E-state index contributed by atoms with van der Waals surface area (Å²) in [4.78, 5) is 12.9. The van der Waals surface area contributed by atoms with E-state index >= 15 is 0 Å². The number of hydrogen-bond donors (Lipinski definition) is 2. The molecule has 0 saturated carbocycles. The zero-order valence-electron chi connectivity index (χ0n) is 17.7. The number of hydrogen-bond acceptors (Lipinski definition) is 6. The number of para-hydroxylation sites is 1. The third-order valence-electron chi connectivity index (χ3n) is 5.99. The van der Waals surface area contributed by atoms with Gasteiger partial charge in [-0.15, -0.1) is 0 Å². The Hall–Kier alpha value is -2.85. The van der Waals surface area contributed by atoms with Crippen LogP contribution in [0.2, 0.25) is 0 Å². The van der Waals surface area contributed by atoms with Gasteiger partial charge in [0, 0.05) is 18.7 Å². The highest BCUT2D eigenvalue weighted by molar-refractivity contribution is 5.88. The summed E-state index contributed by atoms with van der Waals surface area (Å²) < 4.78 is 51.7. The van der Waals surface area contributed by atoms with E-state index in [4.69, 9.17) is 9.47 Å². The SMILES string of the molecule is C[C@@H]1CN([C@@H]2COc3ccccc3[C@H]2Nc2ncnc3[nH]c(C(F)(F)F)cc23)C[C@H](C)O1. The third kappa shape index (κ3) is 3.88. The standard InChI is InChI=1S/C22H24F3N5O2/c1-12-8-30(9-13(2)32-12)16-10-31-17-6-4-3-5-14(17)19(16)29-21-15-7-18(22(23,24)25)28-20(15)26-11-27-21/h3-7,11-13,16,19H,8-10H2,1-2H3,(H2,26,27,28,29)/t12-,13+,16-,19-/m1/s1. The first kappa shape index (κ1) is 21.0. The highest BCUT2D eigenvalue weighted by Crippen LogP contribution is 2.39. The number of halogens is 3. The van der Waals surface area contributed by atoms with Crippen LogP contribution in [0.15, 0.2) is 36.7 Å². The van der Waals surface area contributed by atoms with Gasteiger partial charge in [-0.1, -0.05) is 18.2 Å².